The van der Waals surface area contributed by atoms with E-state index in [1.54, 1.807) is 34.9 Å². The number of thiocarbonyl (C=S) groups is 1. The van der Waals surface area contributed by atoms with Gasteiger partial charge in [0.15, 0.2) is 5.11 Å². The van der Waals surface area contributed by atoms with E-state index in [0.29, 0.717) is 17.3 Å². The van der Waals surface area contributed by atoms with Gasteiger partial charge in [-0.1, -0.05) is 29.8 Å². The van der Waals surface area contributed by atoms with Crippen molar-refractivity contribution in [1.82, 2.24) is 9.88 Å². The molecule has 2 amide bonds. The van der Waals surface area contributed by atoms with Crippen LogP contribution >= 0.6 is 23.8 Å². The molecular formula is C22H14ClN3O3S. The molecule has 0 unspecified atom stereocenters. The number of aromatic nitrogens is 1. The summed E-state index contributed by atoms with van der Waals surface area (Å²) in [6.45, 7) is 0.576. The van der Waals surface area contributed by atoms with Crippen LogP contribution in [0.25, 0.3) is 17.0 Å². The summed E-state index contributed by atoms with van der Waals surface area (Å²) in [7, 11) is 0. The van der Waals surface area contributed by atoms with Crippen LogP contribution in [0.5, 0.6) is 0 Å². The lowest BCUT2D eigenvalue weighted by Crippen LogP contribution is -2.54. The predicted octanol–water partition coefficient (Wildman–Crippen LogP) is 3.04. The van der Waals surface area contributed by atoms with Crippen LogP contribution in [-0.4, -0.2) is 21.5 Å². The van der Waals surface area contributed by atoms with E-state index in [4.69, 9.17) is 23.8 Å². The molecule has 2 aromatic carbocycles. The fourth-order valence-electron chi connectivity index (χ4n) is 3.93. The largest absolute Gasteiger partial charge is 0.307 e. The monoisotopic (exact) mass is 435 g/mol. The highest BCUT2D eigenvalue weighted by molar-refractivity contribution is 7.80. The quantitative estimate of drug-likeness (QED) is 0.381. The third-order valence-electron chi connectivity index (χ3n) is 5.31. The Balaban J connectivity index is 1.63. The number of nitrogens with zero attached hydrogens (tertiary/aromatic N) is 2. The van der Waals surface area contributed by atoms with Gasteiger partial charge in [0.05, 0.1) is 11.2 Å². The van der Waals surface area contributed by atoms with Crippen LogP contribution in [0.15, 0.2) is 58.9 Å². The van der Waals surface area contributed by atoms with Crippen molar-refractivity contribution in [2.45, 2.75) is 13.0 Å². The molecule has 0 spiro atoms. The highest BCUT2D eigenvalue weighted by Gasteiger charge is 2.34. The number of para-hydroxylation sites is 1. The minimum Gasteiger partial charge on any atom is -0.307 e. The van der Waals surface area contributed by atoms with Crippen molar-refractivity contribution in [2.24, 2.45) is 0 Å². The van der Waals surface area contributed by atoms with Crippen molar-refractivity contribution < 1.29 is 9.59 Å². The third kappa shape index (κ3) is 2.86. The number of benzene rings is 2. The zero-order chi connectivity index (χ0) is 21.0. The number of carbonyl (C=O) groups is 2. The molecule has 8 heteroatoms. The number of pyridine rings is 1. The number of rotatable bonds is 2. The maximum absolute atomic E-state index is 13.1. The Morgan fingerprint density at radius 2 is 1.83 bits per heavy atom. The first-order chi connectivity index (χ1) is 14.4. The lowest BCUT2D eigenvalue weighted by Gasteiger charge is -2.28. The summed E-state index contributed by atoms with van der Waals surface area (Å²) in [5, 5.41) is 3.90. The number of halogens is 1. The number of nitrogens with one attached hydrogen (secondary N) is 1. The van der Waals surface area contributed by atoms with Crippen LogP contribution < -0.4 is 15.8 Å². The molecule has 0 saturated carbocycles. The third-order valence-corrected chi connectivity index (χ3v) is 5.85. The molecular weight excluding hydrogens is 422 g/mol. The SMILES string of the molecule is O=C1NC(=S)N(c2ccc(Cl)cc2)C(=O)C1=Cc1cc2cccc3c2n(c1=O)CC3. The van der Waals surface area contributed by atoms with Gasteiger partial charge in [0.1, 0.15) is 5.57 Å². The fraction of sp³-hybridized carbons (Fsp3) is 0.0909. The number of hydrogen-bond acceptors (Lipinski definition) is 4. The molecule has 1 fully saturated rings. The second-order valence-electron chi connectivity index (χ2n) is 7.10. The van der Waals surface area contributed by atoms with E-state index >= 15 is 0 Å². The van der Waals surface area contributed by atoms with Crippen LogP contribution in [0.1, 0.15) is 11.1 Å². The molecule has 3 heterocycles. The van der Waals surface area contributed by atoms with Crippen molar-refractivity contribution in [3.05, 3.63) is 80.6 Å². The average molecular weight is 436 g/mol. The number of anilines is 1. The fourth-order valence-corrected chi connectivity index (χ4v) is 4.34. The molecule has 0 bridgehead atoms. The molecule has 3 aromatic rings. The van der Waals surface area contributed by atoms with Gasteiger partial charge in [-0.2, -0.15) is 0 Å². The first-order valence-corrected chi connectivity index (χ1v) is 10.0. The molecule has 0 aliphatic carbocycles. The van der Waals surface area contributed by atoms with E-state index in [9.17, 15) is 14.4 Å². The Kier molecular flexibility index (Phi) is 4.30. The van der Waals surface area contributed by atoms with Gasteiger partial charge in [-0.15, -0.1) is 0 Å². The van der Waals surface area contributed by atoms with Crippen LogP contribution in [0.4, 0.5) is 5.69 Å². The second kappa shape index (κ2) is 6.90. The highest BCUT2D eigenvalue weighted by atomic mass is 35.5. The minimum atomic E-state index is -0.634. The van der Waals surface area contributed by atoms with Crippen molar-refractivity contribution in [2.75, 3.05) is 4.90 Å². The van der Waals surface area contributed by atoms with Gasteiger partial charge < -0.3 is 4.57 Å². The van der Waals surface area contributed by atoms with Gasteiger partial charge in [0.2, 0.25) is 0 Å². The van der Waals surface area contributed by atoms with Gasteiger partial charge in [-0.05, 0) is 66.0 Å². The molecule has 0 radical (unpaired) electrons. The zero-order valence-electron chi connectivity index (χ0n) is 15.5. The lowest BCUT2D eigenvalue weighted by atomic mass is 10.0. The maximum Gasteiger partial charge on any atom is 0.270 e. The van der Waals surface area contributed by atoms with Crippen LogP contribution in [0.2, 0.25) is 5.02 Å². The van der Waals surface area contributed by atoms with Crippen molar-refractivity contribution in [3.8, 4) is 0 Å². The first-order valence-electron chi connectivity index (χ1n) is 9.26. The average Bonchev–Trinajstić information content (AvgIpc) is 3.16. The molecule has 5 rings (SSSR count). The van der Waals surface area contributed by atoms with Gasteiger partial charge in [0, 0.05) is 17.1 Å². The van der Waals surface area contributed by atoms with E-state index in [0.717, 1.165) is 22.9 Å². The van der Waals surface area contributed by atoms with E-state index in [1.807, 2.05) is 18.2 Å². The Labute approximate surface area is 181 Å². The smallest absolute Gasteiger partial charge is 0.270 e. The van der Waals surface area contributed by atoms with Gasteiger partial charge in [-0.25, -0.2) is 0 Å². The standard InChI is InChI=1S/C22H14ClN3O3S/c23-15-4-6-16(7-5-15)26-21(29)17(19(27)24-22(26)30)11-14-10-13-3-1-2-12-8-9-25(18(12)13)20(14)28/h1-7,10-11H,8-9H2,(H,24,27,30). The number of hydrogen-bond donors (Lipinski definition) is 1. The maximum atomic E-state index is 13.1. The second-order valence-corrected chi connectivity index (χ2v) is 7.92. The molecule has 1 saturated heterocycles. The van der Waals surface area contributed by atoms with Gasteiger partial charge >= 0.3 is 0 Å². The van der Waals surface area contributed by atoms with E-state index < -0.39 is 11.8 Å². The highest BCUT2D eigenvalue weighted by Crippen LogP contribution is 2.26. The molecule has 148 valence electrons. The number of carbonyl (C=O) groups excluding carboxylic acids is 2. The topological polar surface area (TPSA) is 71.4 Å². The van der Waals surface area contributed by atoms with Gasteiger partial charge in [-0.3, -0.25) is 24.6 Å². The summed E-state index contributed by atoms with van der Waals surface area (Å²) in [4.78, 5) is 39.9. The normalized spacial score (nSPS) is 17.2. The molecule has 6 nitrogen and oxygen atoms in total. The lowest BCUT2D eigenvalue weighted by molar-refractivity contribution is -0.122. The van der Waals surface area contributed by atoms with E-state index in [2.05, 4.69) is 5.32 Å². The Morgan fingerprint density at radius 1 is 1.07 bits per heavy atom. The zero-order valence-corrected chi connectivity index (χ0v) is 17.1. The Bertz CT molecular complexity index is 1360. The molecule has 2 aliphatic rings. The summed E-state index contributed by atoms with van der Waals surface area (Å²) in [6, 6.07) is 14.1. The van der Waals surface area contributed by atoms with Crippen LogP contribution in [-0.2, 0) is 22.6 Å². The minimum absolute atomic E-state index is 0.0250. The number of amides is 2. The summed E-state index contributed by atoms with van der Waals surface area (Å²) in [6.07, 6.45) is 2.13. The Morgan fingerprint density at radius 3 is 2.60 bits per heavy atom. The molecule has 2 aliphatic heterocycles. The molecule has 0 atom stereocenters. The summed E-state index contributed by atoms with van der Waals surface area (Å²) in [5.41, 5.74) is 2.40. The first kappa shape index (κ1) is 18.7. The summed E-state index contributed by atoms with van der Waals surface area (Å²) in [5.74, 6) is -1.23. The molecule has 30 heavy (non-hydrogen) atoms. The van der Waals surface area contributed by atoms with Crippen LogP contribution in [0.3, 0.4) is 0 Å². The van der Waals surface area contributed by atoms with Gasteiger partial charge in [0.25, 0.3) is 17.4 Å². The summed E-state index contributed by atoms with van der Waals surface area (Å²) < 4.78 is 1.70. The predicted molar refractivity (Wildman–Crippen MR) is 120 cm³/mol. The Hall–Kier alpha value is -3.29. The number of aryl methyl sites for hydroxylation is 2. The molecule has 1 aromatic heterocycles. The van der Waals surface area contributed by atoms with E-state index in [1.165, 1.54) is 11.0 Å². The van der Waals surface area contributed by atoms with Crippen molar-refractivity contribution in [1.29, 1.82) is 0 Å². The van der Waals surface area contributed by atoms with Crippen molar-refractivity contribution >= 4 is 63.4 Å². The van der Waals surface area contributed by atoms with E-state index in [-0.39, 0.29) is 21.8 Å². The summed E-state index contributed by atoms with van der Waals surface area (Å²) >= 11 is 11.1. The van der Waals surface area contributed by atoms with Crippen molar-refractivity contribution in [3.63, 3.8) is 0 Å². The van der Waals surface area contributed by atoms with Crippen LogP contribution in [0, 0.1) is 0 Å². The molecule has 1 N–H and O–H groups in total.